The van der Waals surface area contributed by atoms with Crippen LogP contribution in [-0.4, -0.2) is 43.2 Å². The predicted octanol–water partition coefficient (Wildman–Crippen LogP) is 3.11. The van der Waals surface area contributed by atoms with Crippen molar-refractivity contribution in [1.82, 2.24) is 24.2 Å². The summed E-state index contributed by atoms with van der Waals surface area (Å²) >= 11 is 5.58. The molecule has 2 aromatic heterocycles. The molecule has 1 fully saturated rings. The number of rotatable bonds is 5. The van der Waals surface area contributed by atoms with E-state index in [1.165, 1.54) is 0 Å². The van der Waals surface area contributed by atoms with Gasteiger partial charge in [-0.05, 0) is 49.3 Å². The van der Waals surface area contributed by atoms with Gasteiger partial charge in [0, 0.05) is 30.9 Å². The number of aromatic nitrogens is 4. The molecule has 3 aromatic rings. The van der Waals surface area contributed by atoms with E-state index in [1.54, 1.807) is 18.6 Å². The van der Waals surface area contributed by atoms with Gasteiger partial charge in [0.15, 0.2) is 0 Å². The van der Waals surface area contributed by atoms with Crippen molar-refractivity contribution in [2.24, 2.45) is 5.92 Å². The van der Waals surface area contributed by atoms with Crippen LogP contribution in [-0.2, 0) is 11.5 Å². The fraction of sp³-hybridized carbons (Fsp3) is 0.300. The van der Waals surface area contributed by atoms with Crippen LogP contribution in [0, 0.1) is 10.7 Å². The average molecular weight is 395 g/mol. The SMILES string of the molecule is O=C(Nc1ccccn1)C1CCN(Cn2ncn(-c3ccccc3)c2=S)CC1. The molecule has 3 heterocycles. The van der Waals surface area contributed by atoms with E-state index in [1.807, 2.05) is 51.7 Å². The first-order valence-electron chi connectivity index (χ1n) is 9.35. The second-order valence-corrected chi connectivity index (χ2v) is 7.22. The molecule has 0 unspecified atom stereocenters. The van der Waals surface area contributed by atoms with E-state index in [2.05, 4.69) is 20.3 Å². The zero-order valence-corrected chi connectivity index (χ0v) is 16.3. The van der Waals surface area contributed by atoms with Gasteiger partial charge in [-0.3, -0.25) is 14.3 Å². The van der Waals surface area contributed by atoms with Crippen LogP contribution in [0.1, 0.15) is 12.8 Å². The zero-order chi connectivity index (χ0) is 19.3. The van der Waals surface area contributed by atoms with Crippen molar-refractivity contribution in [3.63, 3.8) is 0 Å². The maximum atomic E-state index is 12.4. The standard InChI is InChI=1S/C20H22N6OS/c27-19(23-18-8-4-5-11-21-18)16-9-12-24(13-10-16)15-26-20(28)25(14-22-26)17-6-2-1-3-7-17/h1-8,11,14,16H,9-10,12-13,15H2,(H,21,23,27). The van der Waals surface area contributed by atoms with Crippen molar-refractivity contribution >= 4 is 23.9 Å². The molecule has 7 nitrogen and oxygen atoms in total. The molecule has 1 aromatic carbocycles. The molecular formula is C20H22N6OS. The number of carbonyl (C=O) groups is 1. The molecule has 1 saturated heterocycles. The van der Waals surface area contributed by atoms with Gasteiger partial charge >= 0.3 is 0 Å². The molecule has 1 N–H and O–H groups in total. The summed E-state index contributed by atoms with van der Waals surface area (Å²) in [6.45, 7) is 2.30. The molecule has 8 heteroatoms. The second-order valence-electron chi connectivity index (χ2n) is 6.86. The minimum Gasteiger partial charge on any atom is -0.310 e. The highest BCUT2D eigenvalue weighted by molar-refractivity contribution is 7.71. The summed E-state index contributed by atoms with van der Waals surface area (Å²) in [5, 5.41) is 7.34. The molecule has 1 aliphatic heterocycles. The molecule has 0 aliphatic carbocycles. The lowest BCUT2D eigenvalue weighted by molar-refractivity contribution is -0.121. The number of likely N-dealkylation sites (tertiary alicyclic amines) is 1. The van der Waals surface area contributed by atoms with E-state index in [-0.39, 0.29) is 11.8 Å². The van der Waals surface area contributed by atoms with Gasteiger partial charge in [-0.25, -0.2) is 9.67 Å². The van der Waals surface area contributed by atoms with Gasteiger partial charge in [0.05, 0.1) is 6.67 Å². The van der Waals surface area contributed by atoms with Crippen molar-refractivity contribution in [1.29, 1.82) is 0 Å². The van der Waals surface area contributed by atoms with Crippen LogP contribution in [0.5, 0.6) is 0 Å². The van der Waals surface area contributed by atoms with Crippen molar-refractivity contribution in [3.05, 3.63) is 65.8 Å². The quantitative estimate of drug-likeness (QED) is 0.674. The molecule has 144 valence electrons. The minimum atomic E-state index is 0.00750. The first-order valence-corrected chi connectivity index (χ1v) is 9.75. The monoisotopic (exact) mass is 394 g/mol. The fourth-order valence-corrected chi connectivity index (χ4v) is 3.65. The van der Waals surface area contributed by atoms with Crippen molar-refractivity contribution in [2.45, 2.75) is 19.5 Å². The van der Waals surface area contributed by atoms with E-state index in [9.17, 15) is 4.79 Å². The van der Waals surface area contributed by atoms with E-state index in [0.29, 0.717) is 17.3 Å². The first kappa shape index (κ1) is 18.5. The Balaban J connectivity index is 1.33. The Hall–Kier alpha value is -2.84. The van der Waals surface area contributed by atoms with Gasteiger partial charge in [0.2, 0.25) is 10.7 Å². The largest absolute Gasteiger partial charge is 0.310 e. The number of hydrogen-bond donors (Lipinski definition) is 1. The van der Waals surface area contributed by atoms with Gasteiger partial charge in [0.1, 0.15) is 12.1 Å². The minimum absolute atomic E-state index is 0.00750. The van der Waals surface area contributed by atoms with Crippen LogP contribution >= 0.6 is 12.2 Å². The summed E-state index contributed by atoms with van der Waals surface area (Å²) in [6.07, 6.45) is 5.05. The summed E-state index contributed by atoms with van der Waals surface area (Å²) in [6, 6.07) is 15.5. The smallest absolute Gasteiger partial charge is 0.228 e. The Labute approximate surface area is 168 Å². The number of nitrogens with one attached hydrogen (secondary N) is 1. The number of anilines is 1. The highest BCUT2D eigenvalue weighted by atomic mass is 32.1. The normalized spacial score (nSPS) is 15.4. The van der Waals surface area contributed by atoms with Crippen LogP contribution in [0.15, 0.2) is 61.1 Å². The Kier molecular flexibility index (Phi) is 5.59. The molecule has 0 spiro atoms. The molecule has 0 radical (unpaired) electrons. The van der Waals surface area contributed by atoms with Crippen molar-refractivity contribution in [3.8, 4) is 5.69 Å². The Morgan fingerprint density at radius 2 is 1.86 bits per heavy atom. The molecular weight excluding hydrogens is 372 g/mol. The van der Waals surface area contributed by atoms with Crippen LogP contribution in [0.2, 0.25) is 0 Å². The number of benzene rings is 1. The second kappa shape index (κ2) is 8.45. The first-order chi connectivity index (χ1) is 13.7. The molecule has 0 bridgehead atoms. The Morgan fingerprint density at radius 3 is 2.57 bits per heavy atom. The summed E-state index contributed by atoms with van der Waals surface area (Å²) in [7, 11) is 0. The topological polar surface area (TPSA) is 68.0 Å². The van der Waals surface area contributed by atoms with Gasteiger partial charge in [-0.15, -0.1) is 0 Å². The third-order valence-corrected chi connectivity index (χ3v) is 5.38. The number of carbonyl (C=O) groups excluding carboxylic acids is 1. The zero-order valence-electron chi connectivity index (χ0n) is 15.4. The number of hydrogen-bond acceptors (Lipinski definition) is 5. The van der Waals surface area contributed by atoms with E-state index < -0.39 is 0 Å². The van der Waals surface area contributed by atoms with E-state index in [0.717, 1.165) is 31.6 Å². The van der Waals surface area contributed by atoms with Crippen LogP contribution in [0.25, 0.3) is 5.69 Å². The fourth-order valence-electron chi connectivity index (χ4n) is 3.39. The summed E-state index contributed by atoms with van der Waals surface area (Å²) in [5.74, 6) is 0.657. The Morgan fingerprint density at radius 1 is 1.11 bits per heavy atom. The number of pyridine rings is 1. The number of piperidine rings is 1. The van der Waals surface area contributed by atoms with Gasteiger partial charge in [-0.2, -0.15) is 5.10 Å². The lowest BCUT2D eigenvalue weighted by Gasteiger charge is -2.30. The molecule has 1 aliphatic rings. The Bertz CT molecular complexity index is 977. The third-order valence-electron chi connectivity index (χ3n) is 4.98. The van der Waals surface area contributed by atoms with Crippen molar-refractivity contribution < 1.29 is 4.79 Å². The molecule has 0 atom stereocenters. The third kappa shape index (κ3) is 4.18. The van der Waals surface area contributed by atoms with E-state index in [4.69, 9.17) is 12.2 Å². The highest BCUT2D eigenvalue weighted by Crippen LogP contribution is 2.19. The molecule has 0 saturated carbocycles. The van der Waals surface area contributed by atoms with Crippen LogP contribution < -0.4 is 5.32 Å². The van der Waals surface area contributed by atoms with E-state index >= 15 is 0 Å². The van der Waals surface area contributed by atoms with Crippen LogP contribution in [0.3, 0.4) is 0 Å². The van der Waals surface area contributed by atoms with Crippen LogP contribution in [0.4, 0.5) is 5.82 Å². The lowest BCUT2D eigenvalue weighted by Crippen LogP contribution is -2.39. The molecule has 4 rings (SSSR count). The number of amides is 1. The summed E-state index contributed by atoms with van der Waals surface area (Å²) < 4.78 is 4.40. The lowest BCUT2D eigenvalue weighted by atomic mass is 9.96. The van der Waals surface area contributed by atoms with Gasteiger partial charge in [-0.1, -0.05) is 24.3 Å². The number of para-hydroxylation sites is 1. The van der Waals surface area contributed by atoms with Gasteiger partial charge in [0.25, 0.3) is 0 Å². The molecule has 28 heavy (non-hydrogen) atoms. The average Bonchev–Trinajstić information content (AvgIpc) is 3.10. The molecule has 1 amide bonds. The maximum absolute atomic E-state index is 12.4. The summed E-state index contributed by atoms with van der Waals surface area (Å²) in [5.41, 5.74) is 1.00. The number of nitrogens with zero attached hydrogens (tertiary/aromatic N) is 5. The predicted molar refractivity (Wildman–Crippen MR) is 110 cm³/mol. The maximum Gasteiger partial charge on any atom is 0.228 e. The summed E-state index contributed by atoms with van der Waals surface area (Å²) in [4.78, 5) is 18.9. The van der Waals surface area contributed by atoms with Crippen molar-refractivity contribution in [2.75, 3.05) is 18.4 Å². The van der Waals surface area contributed by atoms with Gasteiger partial charge < -0.3 is 5.32 Å². The highest BCUT2D eigenvalue weighted by Gasteiger charge is 2.25.